The molecule has 2 bridgehead atoms. The van der Waals surface area contributed by atoms with Crippen molar-refractivity contribution in [3.8, 4) is 0 Å². The molecule has 0 aromatic carbocycles. The standard InChI is InChI=1S/C24H34O8/c1-14-8-9-23(12-28-15(2)25)17(11-14)31-21-19(32-18-7-5-6-10-27-18)20(30-16(3)26)22(23,4)24(21)13-29-24/h11,17-21H,5-10,12-13H2,1-4H3/t17-,18?,19-,20-,21-,22-,23-,24+/m1/s1. The number of hydrogen-bond donors (Lipinski definition) is 0. The van der Waals surface area contributed by atoms with Gasteiger partial charge >= 0.3 is 11.9 Å². The third-order valence-electron chi connectivity index (χ3n) is 8.51. The first-order valence-corrected chi connectivity index (χ1v) is 11.8. The number of carbonyl (C=O) groups is 2. The van der Waals surface area contributed by atoms with Crippen molar-refractivity contribution in [1.82, 2.24) is 0 Å². The van der Waals surface area contributed by atoms with Crippen LogP contribution in [0.2, 0.25) is 0 Å². The molecular formula is C24H34O8. The number of rotatable bonds is 5. The van der Waals surface area contributed by atoms with Crippen LogP contribution in [0.1, 0.15) is 59.8 Å². The van der Waals surface area contributed by atoms with E-state index in [9.17, 15) is 9.59 Å². The largest absolute Gasteiger partial charge is 0.465 e. The van der Waals surface area contributed by atoms with E-state index in [1.807, 2.05) is 0 Å². The van der Waals surface area contributed by atoms with Crippen LogP contribution in [0.4, 0.5) is 0 Å². The van der Waals surface area contributed by atoms with E-state index in [0.717, 1.165) is 32.1 Å². The number of esters is 2. The van der Waals surface area contributed by atoms with Gasteiger partial charge in [0.1, 0.15) is 30.5 Å². The van der Waals surface area contributed by atoms with Crippen LogP contribution in [0.25, 0.3) is 0 Å². The number of fused-ring (bicyclic) bond motifs is 2. The predicted molar refractivity (Wildman–Crippen MR) is 112 cm³/mol. The van der Waals surface area contributed by atoms with Crippen molar-refractivity contribution >= 4 is 11.9 Å². The summed E-state index contributed by atoms with van der Waals surface area (Å²) in [4.78, 5) is 24.2. The minimum atomic E-state index is -0.661. The minimum absolute atomic E-state index is 0.176. The fraction of sp³-hybridized carbons (Fsp3) is 0.833. The highest BCUT2D eigenvalue weighted by Crippen LogP contribution is 2.72. The number of hydrogen-bond acceptors (Lipinski definition) is 8. The lowest BCUT2D eigenvalue weighted by Gasteiger charge is -2.58. The number of ether oxygens (including phenoxy) is 6. The Balaban J connectivity index is 1.59. The van der Waals surface area contributed by atoms with Gasteiger partial charge in [-0.2, -0.15) is 0 Å². The lowest BCUT2D eigenvalue weighted by molar-refractivity contribution is -0.239. The molecule has 8 atom stereocenters. The van der Waals surface area contributed by atoms with E-state index in [0.29, 0.717) is 13.2 Å². The van der Waals surface area contributed by atoms with E-state index in [2.05, 4.69) is 19.9 Å². The molecule has 3 aliphatic heterocycles. The third-order valence-corrected chi connectivity index (χ3v) is 8.51. The molecule has 0 amide bonds. The fourth-order valence-electron chi connectivity index (χ4n) is 6.70. The van der Waals surface area contributed by atoms with Crippen molar-refractivity contribution in [3.05, 3.63) is 11.6 Å². The van der Waals surface area contributed by atoms with E-state index < -0.39 is 34.7 Å². The zero-order chi connectivity index (χ0) is 22.7. The first-order valence-electron chi connectivity index (χ1n) is 11.8. The number of epoxide rings is 1. The Morgan fingerprint density at radius 3 is 2.62 bits per heavy atom. The van der Waals surface area contributed by atoms with Gasteiger partial charge < -0.3 is 28.4 Å². The van der Waals surface area contributed by atoms with Crippen LogP contribution in [-0.4, -0.2) is 68.1 Å². The van der Waals surface area contributed by atoms with Crippen molar-refractivity contribution in [2.45, 2.75) is 96.1 Å². The predicted octanol–water partition coefficient (Wildman–Crippen LogP) is 2.68. The van der Waals surface area contributed by atoms with Gasteiger partial charge in [0.25, 0.3) is 0 Å². The smallest absolute Gasteiger partial charge is 0.303 e. The second kappa shape index (κ2) is 7.79. The average molecular weight is 451 g/mol. The van der Waals surface area contributed by atoms with Gasteiger partial charge in [0.05, 0.1) is 18.1 Å². The minimum Gasteiger partial charge on any atom is -0.465 e. The molecule has 8 heteroatoms. The van der Waals surface area contributed by atoms with Crippen molar-refractivity contribution in [2.75, 3.05) is 19.8 Å². The summed E-state index contributed by atoms with van der Waals surface area (Å²) in [7, 11) is 0. The first-order chi connectivity index (χ1) is 15.2. The summed E-state index contributed by atoms with van der Waals surface area (Å²) >= 11 is 0. The summed E-state index contributed by atoms with van der Waals surface area (Å²) < 4.78 is 36.9. The summed E-state index contributed by atoms with van der Waals surface area (Å²) in [6.07, 6.45) is 4.37. The monoisotopic (exact) mass is 450 g/mol. The summed E-state index contributed by atoms with van der Waals surface area (Å²) in [6.45, 7) is 8.36. The summed E-state index contributed by atoms with van der Waals surface area (Å²) in [5.74, 6) is -0.717. The zero-order valence-electron chi connectivity index (χ0n) is 19.4. The molecular weight excluding hydrogens is 416 g/mol. The van der Waals surface area contributed by atoms with Gasteiger partial charge in [-0.05, 0) is 39.0 Å². The normalized spacial score (nSPS) is 46.9. The summed E-state index contributed by atoms with van der Waals surface area (Å²) in [5.41, 5.74) is -0.675. The van der Waals surface area contributed by atoms with E-state index >= 15 is 0 Å². The highest BCUT2D eigenvalue weighted by Gasteiger charge is 2.86. The highest BCUT2D eigenvalue weighted by atomic mass is 16.7. The summed E-state index contributed by atoms with van der Waals surface area (Å²) in [5, 5.41) is 0. The van der Waals surface area contributed by atoms with Gasteiger partial charge in [-0.1, -0.05) is 18.6 Å². The van der Waals surface area contributed by atoms with Crippen LogP contribution >= 0.6 is 0 Å². The second-order valence-corrected chi connectivity index (χ2v) is 10.2. The van der Waals surface area contributed by atoms with Crippen molar-refractivity contribution in [2.24, 2.45) is 10.8 Å². The molecule has 3 heterocycles. The molecule has 5 aliphatic rings. The topological polar surface area (TPSA) is 92.8 Å². The van der Waals surface area contributed by atoms with Gasteiger partial charge in [-0.25, -0.2) is 0 Å². The van der Waals surface area contributed by atoms with Crippen LogP contribution in [-0.2, 0) is 38.0 Å². The van der Waals surface area contributed by atoms with Gasteiger partial charge in [0, 0.05) is 25.9 Å². The van der Waals surface area contributed by atoms with Crippen molar-refractivity contribution in [3.63, 3.8) is 0 Å². The van der Waals surface area contributed by atoms with Gasteiger partial charge in [-0.15, -0.1) is 0 Å². The van der Waals surface area contributed by atoms with Crippen molar-refractivity contribution in [1.29, 1.82) is 0 Å². The maximum atomic E-state index is 12.3. The molecule has 0 radical (unpaired) electrons. The quantitative estimate of drug-likeness (QED) is 0.359. The SMILES string of the molecule is CC(=O)OC[C@]12CCC(C)=C[C@H]1O[C@@H]1[C@H](OC3CCCCO3)[C@@H](OC(C)=O)[C@@]2(C)[C@]12CO2. The van der Waals surface area contributed by atoms with Crippen LogP contribution in [0.15, 0.2) is 11.6 Å². The van der Waals surface area contributed by atoms with Gasteiger partial charge in [0.2, 0.25) is 0 Å². The lowest BCUT2D eigenvalue weighted by Crippen LogP contribution is -2.66. The third kappa shape index (κ3) is 3.10. The maximum Gasteiger partial charge on any atom is 0.303 e. The Bertz CT molecular complexity index is 813. The number of carbonyl (C=O) groups excluding carboxylic acids is 2. The molecule has 0 aromatic rings. The molecule has 2 aliphatic carbocycles. The van der Waals surface area contributed by atoms with Gasteiger partial charge in [-0.3, -0.25) is 9.59 Å². The Morgan fingerprint density at radius 2 is 2.00 bits per heavy atom. The van der Waals surface area contributed by atoms with E-state index in [1.54, 1.807) is 0 Å². The van der Waals surface area contributed by atoms with E-state index in [4.69, 9.17) is 28.4 Å². The molecule has 3 saturated heterocycles. The molecule has 8 nitrogen and oxygen atoms in total. The molecule has 5 rings (SSSR count). The van der Waals surface area contributed by atoms with Crippen LogP contribution in [0, 0.1) is 10.8 Å². The molecule has 1 saturated carbocycles. The molecule has 1 unspecified atom stereocenters. The lowest BCUT2D eigenvalue weighted by atomic mass is 9.51. The zero-order valence-corrected chi connectivity index (χ0v) is 19.4. The van der Waals surface area contributed by atoms with Gasteiger partial charge in [0.15, 0.2) is 6.29 Å². The Hall–Kier alpha value is -1.48. The second-order valence-electron chi connectivity index (χ2n) is 10.2. The first kappa shape index (κ1) is 22.3. The van der Waals surface area contributed by atoms with Crippen LogP contribution < -0.4 is 0 Å². The van der Waals surface area contributed by atoms with Crippen molar-refractivity contribution < 1.29 is 38.0 Å². The van der Waals surface area contributed by atoms with E-state index in [1.165, 1.54) is 19.4 Å². The summed E-state index contributed by atoms with van der Waals surface area (Å²) in [6, 6.07) is 0. The molecule has 4 fully saturated rings. The Kier molecular flexibility index (Phi) is 5.43. The molecule has 178 valence electrons. The molecule has 32 heavy (non-hydrogen) atoms. The molecule has 0 N–H and O–H groups in total. The maximum absolute atomic E-state index is 12.3. The van der Waals surface area contributed by atoms with Crippen LogP contribution in [0.5, 0.6) is 0 Å². The average Bonchev–Trinajstić information content (AvgIpc) is 3.53. The Morgan fingerprint density at radius 1 is 1.22 bits per heavy atom. The van der Waals surface area contributed by atoms with E-state index in [-0.39, 0.29) is 30.9 Å². The molecule has 0 aromatic heterocycles. The number of allylic oxidation sites excluding steroid dienone is 1. The fourth-order valence-corrected chi connectivity index (χ4v) is 6.70. The highest BCUT2D eigenvalue weighted by molar-refractivity contribution is 5.67. The van der Waals surface area contributed by atoms with Crippen LogP contribution in [0.3, 0.4) is 0 Å². The molecule has 1 spiro atoms. The Labute approximate surface area is 188 Å².